The van der Waals surface area contributed by atoms with E-state index in [2.05, 4.69) is 40.7 Å². The van der Waals surface area contributed by atoms with E-state index < -0.39 is 0 Å². The average Bonchev–Trinajstić information content (AvgIpc) is 2.34. The molecule has 1 aliphatic heterocycles. The molecular formula is C17H28O3. The molecular weight excluding hydrogens is 252 g/mol. The minimum atomic E-state index is -0.201. The Hall–Kier alpha value is -0.830. The fourth-order valence-electron chi connectivity index (χ4n) is 4.15. The van der Waals surface area contributed by atoms with Crippen molar-refractivity contribution in [3.63, 3.8) is 0 Å². The highest BCUT2D eigenvalue weighted by Crippen LogP contribution is 2.53. The highest BCUT2D eigenvalue weighted by atomic mass is 16.5. The molecule has 0 aromatic heterocycles. The van der Waals surface area contributed by atoms with Crippen LogP contribution in [-0.2, 0) is 14.3 Å². The number of hydrogen-bond acceptors (Lipinski definition) is 3. The number of fused-ring (bicyclic) bond motifs is 2. The third-order valence-electron chi connectivity index (χ3n) is 5.49. The van der Waals surface area contributed by atoms with Crippen molar-refractivity contribution in [1.29, 1.82) is 0 Å². The lowest BCUT2D eigenvalue weighted by Gasteiger charge is -2.56. The Morgan fingerprint density at radius 2 is 2.15 bits per heavy atom. The van der Waals surface area contributed by atoms with Gasteiger partial charge in [0.2, 0.25) is 0 Å². The lowest BCUT2D eigenvalue weighted by atomic mass is 9.55. The first-order valence-electron chi connectivity index (χ1n) is 7.73. The van der Waals surface area contributed by atoms with E-state index in [0.717, 1.165) is 0 Å². The van der Waals surface area contributed by atoms with E-state index in [1.54, 1.807) is 0 Å². The van der Waals surface area contributed by atoms with Gasteiger partial charge in [-0.1, -0.05) is 39.3 Å². The Balaban J connectivity index is 2.33. The van der Waals surface area contributed by atoms with E-state index in [1.165, 1.54) is 12.5 Å². The fraction of sp³-hybridized carbons (Fsp3) is 0.824. The number of ether oxygens (including phenoxy) is 2. The van der Waals surface area contributed by atoms with E-state index >= 15 is 0 Å². The summed E-state index contributed by atoms with van der Waals surface area (Å²) in [4.78, 5) is 11.2. The molecule has 1 heterocycles. The molecule has 1 fully saturated rings. The molecule has 114 valence electrons. The van der Waals surface area contributed by atoms with Crippen molar-refractivity contribution in [2.45, 2.75) is 47.6 Å². The van der Waals surface area contributed by atoms with Gasteiger partial charge >= 0.3 is 5.97 Å². The van der Waals surface area contributed by atoms with Crippen LogP contribution in [0.15, 0.2) is 11.6 Å². The van der Waals surface area contributed by atoms with Crippen LogP contribution in [0.2, 0.25) is 0 Å². The van der Waals surface area contributed by atoms with Gasteiger partial charge in [0.15, 0.2) is 0 Å². The minimum absolute atomic E-state index is 0.0682. The summed E-state index contributed by atoms with van der Waals surface area (Å²) < 4.78 is 11.6. The van der Waals surface area contributed by atoms with Gasteiger partial charge in [-0.3, -0.25) is 4.79 Å². The number of carbonyl (C=O) groups is 1. The molecule has 0 unspecified atom stereocenters. The van der Waals surface area contributed by atoms with Gasteiger partial charge in [0, 0.05) is 18.3 Å². The van der Waals surface area contributed by atoms with Gasteiger partial charge in [-0.15, -0.1) is 0 Å². The van der Waals surface area contributed by atoms with Crippen molar-refractivity contribution in [3.8, 4) is 0 Å². The van der Waals surface area contributed by atoms with Crippen LogP contribution in [0, 0.1) is 29.1 Å². The van der Waals surface area contributed by atoms with Crippen molar-refractivity contribution in [1.82, 2.24) is 0 Å². The molecule has 1 saturated heterocycles. The van der Waals surface area contributed by atoms with Crippen LogP contribution in [0.5, 0.6) is 0 Å². The quantitative estimate of drug-likeness (QED) is 0.587. The van der Waals surface area contributed by atoms with E-state index in [-0.39, 0.29) is 17.5 Å². The van der Waals surface area contributed by atoms with E-state index in [9.17, 15) is 4.79 Å². The second-order valence-electron chi connectivity index (χ2n) is 7.05. The highest BCUT2D eigenvalue weighted by molar-refractivity contribution is 5.65. The molecule has 2 bridgehead atoms. The van der Waals surface area contributed by atoms with Crippen LogP contribution in [0.3, 0.4) is 0 Å². The van der Waals surface area contributed by atoms with Crippen molar-refractivity contribution in [2.75, 3.05) is 13.2 Å². The second-order valence-corrected chi connectivity index (χ2v) is 7.05. The maximum Gasteiger partial charge on any atom is 0.302 e. The van der Waals surface area contributed by atoms with Gasteiger partial charge in [0.05, 0.1) is 19.3 Å². The van der Waals surface area contributed by atoms with Crippen molar-refractivity contribution >= 4 is 5.97 Å². The highest BCUT2D eigenvalue weighted by Gasteiger charge is 2.54. The van der Waals surface area contributed by atoms with E-state index in [1.807, 2.05) is 0 Å². The van der Waals surface area contributed by atoms with Crippen molar-refractivity contribution in [3.05, 3.63) is 11.6 Å². The monoisotopic (exact) mass is 280 g/mol. The summed E-state index contributed by atoms with van der Waals surface area (Å²) in [6.45, 7) is 13.8. The Morgan fingerprint density at radius 3 is 2.70 bits per heavy atom. The molecule has 0 radical (unpaired) electrons. The molecule has 5 atom stereocenters. The van der Waals surface area contributed by atoms with Crippen LogP contribution in [-0.4, -0.2) is 25.3 Å². The topological polar surface area (TPSA) is 35.5 Å². The standard InChI is InChI=1S/C17H28O3/c1-10(2)16-15-11(3)7-12(4)17(9-20-16,13(15)5)8-19-14(6)18/h7,10,12-13,15-16H,8-9H2,1-6H3/t12-,13+,15+,16-,17-/m0/s1. The van der Waals surface area contributed by atoms with E-state index in [0.29, 0.717) is 36.9 Å². The molecule has 2 rings (SSSR count). The normalized spacial score (nSPS) is 40.5. The van der Waals surface area contributed by atoms with Gasteiger partial charge in [-0.25, -0.2) is 0 Å². The van der Waals surface area contributed by atoms with Crippen molar-refractivity contribution in [2.24, 2.45) is 29.1 Å². The molecule has 20 heavy (non-hydrogen) atoms. The summed E-state index contributed by atoms with van der Waals surface area (Å²) in [6.07, 6.45) is 2.64. The summed E-state index contributed by atoms with van der Waals surface area (Å²) >= 11 is 0. The first-order chi connectivity index (χ1) is 9.29. The molecule has 0 aromatic carbocycles. The van der Waals surface area contributed by atoms with Crippen LogP contribution in [0.4, 0.5) is 0 Å². The second kappa shape index (κ2) is 5.51. The van der Waals surface area contributed by atoms with Crippen LogP contribution >= 0.6 is 0 Å². The Labute approximate surface area is 122 Å². The lowest BCUT2D eigenvalue weighted by molar-refractivity contribution is -0.186. The molecule has 1 aliphatic carbocycles. The Kier molecular flexibility index (Phi) is 4.29. The predicted molar refractivity (Wildman–Crippen MR) is 79.2 cm³/mol. The van der Waals surface area contributed by atoms with Gasteiger partial charge in [0.1, 0.15) is 0 Å². The number of allylic oxidation sites excluding steroid dienone is 1. The maximum atomic E-state index is 11.2. The number of hydrogen-bond donors (Lipinski definition) is 0. The minimum Gasteiger partial charge on any atom is -0.465 e. The average molecular weight is 280 g/mol. The SMILES string of the molecule is CC(=O)OC[C@]12CO[C@@H](C(C)C)[C@H](C(C)=C[C@@H]1C)[C@H]2C. The molecule has 0 spiro atoms. The number of carbonyl (C=O) groups excluding carboxylic acids is 1. The molecule has 2 aliphatic rings. The third-order valence-corrected chi connectivity index (χ3v) is 5.49. The molecule has 3 nitrogen and oxygen atoms in total. The van der Waals surface area contributed by atoms with Crippen LogP contribution < -0.4 is 0 Å². The lowest BCUT2D eigenvalue weighted by Crippen LogP contribution is -2.57. The van der Waals surface area contributed by atoms with Gasteiger partial charge in [-0.05, 0) is 24.7 Å². The zero-order chi connectivity index (χ0) is 15.1. The summed E-state index contributed by atoms with van der Waals surface area (Å²) in [6, 6.07) is 0. The molecule has 0 saturated carbocycles. The molecule has 0 N–H and O–H groups in total. The zero-order valence-corrected chi connectivity index (χ0v) is 13.6. The maximum absolute atomic E-state index is 11.2. The van der Waals surface area contributed by atoms with Crippen LogP contribution in [0.25, 0.3) is 0 Å². The van der Waals surface area contributed by atoms with Gasteiger partial charge in [-0.2, -0.15) is 0 Å². The smallest absolute Gasteiger partial charge is 0.302 e. The van der Waals surface area contributed by atoms with Gasteiger partial charge < -0.3 is 9.47 Å². The molecule has 0 aromatic rings. The third kappa shape index (κ3) is 2.41. The summed E-state index contributed by atoms with van der Waals surface area (Å²) in [7, 11) is 0. The van der Waals surface area contributed by atoms with Gasteiger partial charge in [0.25, 0.3) is 0 Å². The largest absolute Gasteiger partial charge is 0.465 e. The fourth-order valence-corrected chi connectivity index (χ4v) is 4.15. The number of rotatable bonds is 3. The summed E-state index contributed by atoms with van der Waals surface area (Å²) in [5, 5.41) is 0. The van der Waals surface area contributed by atoms with Crippen LogP contribution in [0.1, 0.15) is 41.5 Å². The zero-order valence-electron chi connectivity index (χ0n) is 13.6. The van der Waals surface area contributed by atoms with Crippen molar-refractivity contribution < 1.29 is 14.3 Å². The Bertz CT molecular complexity index is 412. The molecule has 3 heteroatoms. The van der Waals surface area contributed by atoms with E-state index in [4.69, 9.17) is 9.47 Å². The Morgan fingerprint density at radius 1 is 1.50 bits per heavy atom. The predicted octanol–water partition coefficient (Wildman–Crippen LogP) is 3.44. The molecule has 0 amide bonds. The number of esters is 1. The summed E-state index contributed by atoms with van der Waals surface area (Å²) in [5.41, 5.74) is 1.36. The first-order valence-corrected chi connectivity index (χ1v) is 7.73. The first kappa shape index (κ1) is 15.6. The summed E-state index contributed by atoms with van der Waals surface area (Å²) in [5.74, 6) is 1.60.